The van der Waals surface area contributed by atoms with E-state index >= 15 is 0 Å². The van der Waals surface area contributed by atoms with E-state index in [0.717, 1.165) is 9.87 Å². The number of amides is 1. The van der Waals surface area contributed by atoms with Crippen LogP contribution in [0.25, 0.3) is 0 Å². The van der Waals surface area contributed by atoms with Gasteiger partial charge in [-0.05, 0) is 42.0 Å². The van der Waals surface area contributed by atoms with Gasteiger partial charge in [-0.2, -0.15) is 0 Å². The van der Waals surface area contributed by atoms with Gasteiger partial charge in [-0.1, -0.05) is 30.3 Å². The topological polar surface area (TPSA) is 79.6 Å². The molecule has 0 spiro atoms. The Labute approximate surface area is 158 Å². The quantitative estimate of drug-likeness (QED) is 0.708. The number of nitrogens with zero attached hydrogens (tertiary/aromatic N) is 1. The molecular formula is C20H20N2O4S. The molecule has 0 aliphatic rings. The summed E-state index contributed by atoms with van der Waals surface area (Å²) in [4.78, 5) is 12.8. The van der Waals surface area contributed by atoms with Crippen molar-refractivity contribution in [2.45, 2.75) is 10.9 Å². The number of hydrogen-bond acceptors (Lipinski definition) is 4. The van der Waals surface area contributed by atoms with Crippen LogP contribution in [0.4, 0.5) is 0 Å². The maximum atomic E-state index is 12.7. The summed E-state index contributed by atoms with van der Waals surface area (Å²) in [6, 6.07) is 18.4. The van der Waals surface area contributed by atoms with Gasteiger partial charge in [-0.3, -0.25) is 4.79 Å². The molecule has 1 heterocycles. The number of rotatable bonds is 6. The molecule has 0 fully saturated rings. The lowest BCUT2D eigenvalue weighted by Crippen LogP contribution is -2.29. The van der Waals surface area contributed by atoms with Gasteiger partial charge in [-0.25, -0.2) is 12.7 Å². The number of carbonyl (C=O) groups excluding carboxylic acids is 1. The molecule has 3 rings (SSSR count). The van der Waals surface area contributed by atoms with Crippen molar-refractivity contribution in [2.24, 2.45) is 0 Å². The van der Waals surface area contributed by atoms with Crippen molar-refractivity contribution in [3.63, 3.8) is 0 Å². The number of nitrogens with one attached hydrogen (secondary N) is 1. The Morgan fingerprint density at radius 3 is 2.19 bits per heavy atom. The Bertz CT molecular complexity index is 996. The third kappa shape index (κ3) is 4.10. The lowest BCUT2D eigenvalue weighted by Gasteiger charge is -2.17. The van der Waals surface area contributed by atoms with E-state index in [4.69, 9.17) is 4.42 Å². The fourth-order valence-corrected chi connectivity index (χ4v) is 3.52. The first-order valence-corrected chi connectivity index (χ1v) is 9.75. The Morgan fingerprint density at radius 2 is 1.63 bits per heavy atom. The van der Waals surface area contributed by atoms with E-state index in [1.165, 1.54) is 38.4 Å². The van der Waals surface area contributed by atoms with Crippen molar-refractivity contribution in [1.82, 2.24) is 9.62 Å². The SMILES string of the molecule is CN(C)S(=O)(=O)c1ccc(C(=O)NC(c2ccccc2)c2ccco2)cc1. The molecule has 7 heteroatoms. The normalized spacial score (nSPS) is 12.7. The minimum absolute atomic E-state index is 0.134. The Hall–Kier alpha value is -2.90. The van der Waals surface area contributed by atoms with Crippen LogP contribution in [0.3, 0.4) is 0 Å². The smallest absolute Gasteiger partial charge is 0.252 e. The van der Waals surface area contributed by atoms with E-state index in [9.17, 15) is 13.2 Å². The molecule has 1 unspecified atom stereocenters. The lowest BCUT2D eigenvalue weighted by molar-refractivity contribution is 0.0939. The van der Waals surface area contributed by atoms with Crippen LogP contribution in [0, 0.1) is 0 Å². The number of carbonyl (C=O) groups is 1. The van der Waals surface area contributed by atoms with Gasteiger partial charge < -0.3 is 9.73 Å². The Morgan fingerprint density at radius 1 is 0.963 bits per heavy atom. The predicted octanol–water partition coefficient (Wildman–Crippen LogP) is 3.05. The zero-order valence-corrected chi connectivity index (χ0v) is 15.8. The zero-order chi connectivity index (χ0) is 19.4. The summed E-state index contributed by atoms with van der Waals surface area (Å²) in [7, 11) is -0.610. The Kier molecular flexibility index (Phi) is 5.43. The highest BCUT2D eigenvalue weighted by atomic mass is 32.2. The highest BCUT2D eigenvalue weighted by Crippen LogP contribution is 2.23. The number of benzene rings is 2. The molecule has 1 atom stereocenters. The van der Waals surface area contributed by atoms with E-state index < -0.39 is 16.1 Å². The summed E-state index contributed by atoms with van der Waals surface area (Å²) in [5, 5.41) is 2.94. The first-order valence-electron chi connectivity index (χ1n) is 8.31. The molecule has 0 radical (unpaired) electrons. The van der Waals surface area contributed by atoms with Crippen LogP contribution < -0.4 is 5.32 Å². The minimum Gasteiger partial charge on any atom is -0.467 e. The third-order valence-corrected chi connectivity index (χ3v) is 5.96. The molecule has 2 aromatic carbocycles. The number of sulfonamides is 1. The average molecular weight is 384 g/mol. The van der Waals surface area contributed by atoms with Crippen LogP contribution in [0.15, 0.2) is 82.3 Å². The first-order chi connectivity index (χ1) is 12.9. The van der Waals surface area contributed by atoms with Crippen LogP contribution in [0.1, 0.15) is 27.7 Å². The summed E-state index contributed by atoms with van der Waals surface area (Å²) < 4.78 is 30.9. The van der Waals surface area contributed by atoms with E-state index in [-0.39, 0.29) is 10.8 Å². The van der Waals surface area contributed by atoms with Gasteiger partial charge in [-0.15, -0.1) is 0 Å². The fourth-order valence-electron chi connectivity index (χ4n) is 2.62. The van der Waals surface area contributed by atoms with Crippen LogP contribution in [-0.2, 0) is 10.0 Å². The molecule has 27 heavy (non-hydrogen) atoms. The first kappa shape index (κ1) is 18.9. The zero-order valence-electron chi connectivity index (χ0n) is 15.0. The van der Waals surface area contributed by atoms with Gasteiger partial charge in [0.1, 0.15) is 11.8 Å². The second-order valence-corrected chi connectivity index (χ2v) is 8.30. The summed E-state index contributed by atoms with van der Waals surface area (Å²) in [6.07, 6.45) is 1.55. The average Bonchev–Trinajstić information content (AvgIpc) is 3.21. The minimum atomic E-state index is -3.53. The maximum absolute atomic E-state index is 12.7. The monoisotopic (exact) mass is 384 g/mol. The summed E-state index contributed by atoms with van der Waals surface area (Å²) in [5.41, 5.74) is 1.24. The number of hydrogen-bond donors (Lipinski definition) is 1. The van der Waals surface area contributed by atoms with Gasteiger partial charge in [0, 0.05) is 19.7 Å². The molecule has 0 saturated carbocycles. The van der Waals surface area contributed by atoms with Gasteiger partial charge >= 0.3 is 0 Å². The number of furan rings is 1. The van der Waals surface area contributed by atoms with Crippen LogP contribution in [0.2, 0.25) is 0 Å². The molecule has 3 aromatic rings. The molecule has 1 amide bonds. The van der Waals surface area contributed by atoms with E-state index in [0.29, 0.717) is 11.3 Å². The standard InChI is InChI=1S/C20H20N2O4S/c1-22(2)27(24,25)17-12-10-16(11-13-17)20(23)21-19(18-9-6-14-26-18)15-7-4-3-5-8-15/h3-14,19H,1-2H3,(H,21,23). The predicted molar refractivity (Wildman–Crippen MR) is 102 cm³/mol. The molecular weight excluding hydrogens is 364 g/mol. The largest absolute Gasteiger partial charge is 0.467 e. The second-order valence-electron chi connectivity index (χ2n) is 6.14. The van der Waals surface area contributed by atoms with Crippen molar-refractivity contribution >= 4 is 15.9 Å². The van der Waals surface area contributed by atoms with Crippen LogP contribution in [0.5, 0.6) is 0 Å². The highest BCUT2D eigenvalue weighted by Gasteiger charge is 2.21. The molecule has 0 aliphatic carbocycles. The van der Waals surface area contributed by atoms with Gasteiger partial charge in [0.25, 0.3) is 5.91 Å². The molecule has 0 aliphatic heterocycles. The maximum Gasteiger partial charge on any atom is 0.252 e. The van der Waals surface area contributed by atoms with Crippen molar-refractivity contribution in [3.8, 4) is 0 Å². The van der Waals surface area contributed by atoms with Crippen LogP contribution in [-0.4, -0.2) is 32.7 Å². The summed E-state index contributed by atoms with van der Waals surface area (Å²) in [5.74, 6) is 0.287. The van der Waals surface area contributed by atoms with Crippen molar-refractivity contribution in [2.75, 3.05) is 14.1 Å². The highest BCUT2D eigenvalue weighted by molar-refractivity contribution is 7.89. The van der Waals surface area contributed by atoms with Crippen LogP contribution >= 0.6 is 0 Å². The summed E-state index contributed by atoms with van der Waals surface area (Å²) in [6.45, 7) is 0. The van der Waals surface area contributed by atoms with Gasteiger partial charge in [0.15, 0.2) is 0 Å². The summed E-state index contributed by atoms with van der Waals surface area (Å²) >= 11 is 0. The van der Waals surface area contributed by atoms with E-state index in [1.807, 2.05) is 30.3 Å². The molecule has 0 bridgehead atoms. The van der Waals surface area contributed by atoms with Gasteiger partial charge in [0.2, 0.25) is 10.0 Å². The third-order valence-electron chi connectivity index (χ3n) is 4.13. The Balaban J connectivity index is 1.85. The molecule has 1 N–H and O–H groups in total. The molecule has 0 saturated heterocycles. The fraction of sp³-hybridized carbons (Fsp3) is 0.150. The molecule has 140 valence electrons. The van der Waals surface area contributed by atoms with Crippen molar-refractivity contribution < 1.29 is 17.6 Å². The second kappa shape index (κ2) is 7.77. The van der Waals surface area contributed by atoms with E-state index in [2.05, 4.69) is 5.32 Å². The van der Waals surface area contributed by atoms with Crippen molar-refractivity contribution in [3.05, 3.63) is 89.9 Å². The lowest BCUT2D eigenvalue weighted by atomic mass is 10.0. The molecule has 6 nitrogen and oxygen atoms in total. The van der Waals surface area contributed by atoms with Gasteiger partial charge in [0.05, 0.1) is 11.2 Å². The van der Waals surface area contributed by atoms with E-state index in [1.54, 1.807) is 18.4 Å². The molecule has 1 aromatic heterocycles. The van der Waals surface area contributed by atoms with Crippen molar-refractivity contribution in [1.29, 1.82) is 0 Å².